The Labute approximate surface area is 136 Å². The van der Waals surface area contributed by atoms with E-state index in [0.717, 1.165) is 16.6 Å². The van der Waals surface area contributed by atoms with Crippen LogP contribution < -0.4 is 5.43 Å². The minimum atomic E-state index is 0.548. The molecule has 0 saturated carbocycles. The first-order valence-corrected chi connectivity index (χ1v) is 7.32. The van der Waals surface area contributed by atoms with Gasteiger partial charge in [-0.1, -0.05) is 35.9 Å². The van der Waals surface area contributed by atoms with Crippen molar-refractivity contribution in [3.05, 3.63) is 65.4 Å². The highest BCUT2D eigenvalue weighted by Gasteiger charge is 2.08. The number of para-hydroxylation sites is 2. The summed E-state index contributed by atoms with van der Waals surface area (Å²) >= 11 is 5.86. The number of benzene rings is 2. The molecule has 0 aliphatic rings. The van der Waals surface area contributed by atoms with Crippen LogP contribution in [0.15, 0.2) is 60.0 Å². The summed E-state index contributed by atoms with van der Waals surface area (Å²) in [5.74, 6) is 0.548. The van der Waals surface area contributed by atoms with Crippen LogP contribution in [0.5, 0.6) is 0 Å². The number of hydrogen-bond donors (Lipinski definition) is 1. The lowest BCUT2D eigenvalue weighted by atomic mass is 10.2. The number of fused-ring (bicyclic) bond motifs is 3. The predicted molar refractivity (Wildman–Crippen MR) is 91.0 cm³/mol. The highest BCUT2D eigenvalue weighted by atomic mass is 35.5. The van der Waals surface area contributed by atoms with Gasteiger partial charge in [0.15, 0.2) is 5.82 Å². The lowest BCUT2D eigenvalue weighted by Gasteiger charge is -2.05. The van der Waals surface area contributed by atoms with Crippen LogP contribution in [0.1, 0.15) is 5.56 Å². The molecule has 0 amide bonds. The average Bonchev–Trinajstić information content (AvgIpc) is 3.07. The molecule has 4 rings (SSSR count). The highest BCUT2D eigenvalue weighted by molar-refractivity contribution is 6.30. The summed E-state index contributed by atoms with van der Waals surface area (Å²) in [6, 6.07) is 15.2. The first-order valence-electron chi connectivity index (χ1n) is 6.94. The summed E-state index contributed by atoms with van der Waals surface area (Å²) in [4.78, 5) is 4.55. The quantitative estimate of drug-likeness (QED) is 0.464. The second-order valence-electron chi connectivity index (χ2n) is 4.90. The van der Waals surface area contributed by atoms with E-state index in [1.165, 1.54) is 0 Å². The number of halogens is 1. The molecule has 2 heterocycles. The van der Waals surface area contributed by atoms with Crippen LogP contribution in [0, 0.1) is 0 Å². The number of rotatable bonds is 3. The fourth-order valence-electron chi connectivity index (χ4n) is 2.30. The number of nitrogens with one attached hydrogen (secondary N) is 1. The molecule has 0 spiro atoms. The molecular weight excluding hydrogens is 312 g/mol. The van der Waals surface area contributed by atoms with E-state index < -0.39 is 0 Å². The van der Waals surface area contributed by atoms with Gasteiger partial charge in [-0.05, 0) is 29.8 Å². The third-order valence-corrected chi connectivity index (χ3v) is 3.64. The van der Waals surface area contributed by atoms with Crippen molar-refractivity contribution in [3.8, 4) is 0 Å². The lowest BCUT2D eigenvalue weighted by molar-refractivity contribution is 1.11. The molecule has 0 unspecified atom stereocenters. The van der Waals surface area contributed by atoms with E-state index in [1.807, 2.05) is 52.9 Å². The second kappa shape index (κ2) is 5.66. The van der Waals surface area contributed by atoms with Gasteiger partial charge >= 0.3 is 0 Å². The van der Waals surface area contributed by atoms with Crippen LogP contribution in [0.25, 0.3) is 16.7 Å². The molecule has 1 N–H and O–H groups in total. The standard InChI is InChI=1S/C16H11ClN6/c17-12-7-5-11(6-8-12)9-18-21-15-16-22-19-10-23(16)14-4-2-1-3-13(14)20-15/h1-10H,(H,20,21)/b18-9+. The Morgan fingerprint density at radius 3 is 2.78 bits per heavy atom. The molecule has 4 aromatic rings. The van der Waals surface area contributed by atoms with Gasteiger partial charge in [-0.2, -0.15) is 5.10 Å². The minimum Gasteiger partial charge on any atom is -0.277 e. The fraction of sp³-hybridized carbons (Fsp3) is 0. The smallest absolute Gasteiger partial charge is 0.205 e. The van der Waals surface area contributed by atoms with E-state index in [1.54, 1.807) is 12.5 Å². The van der Waals surface area contributed by atoms with Gasteiger partial charge in [0.2, 0.25) is 5.65 Å². The topological polar surface area (TPSA) is 67.5 Å². The largest absolute Gasteiger partial charge is 0.277 e. The zero-order valence-corrected chi connectivity index (χ0v) is 12.6. The van der Waals surface area contributed by atoms with E-state index in [-0.39, 0.29) is 0 Å². The molecule has 2 aromatic heterocycles. The molecule has 0 aliphatic carbocycles. The van der Waals surface area contributed by atoms with Crippen molar-refractivity contribution >= 4 is 40.3 Å². The van der Waals surface area contributed by atoms with Crippen molar-refractivity contribution in [3.63, 3.8) is 0 Å². The Morgan fingerprint density at radius 2 is 1.91 bits per heavy atom. The normalized spacial score (nSPS) is 11.5. The molecule has 7 heteroatoms. The van der Waals surface area contributed by atoms with Crippen molar-refractivity contribution in [2.45, 2.75) is 0 Å². The minimum absolute atomic E-state index is 0.548. The van der Waals surface area contributed by atoms with Crippen LogP contribution in [0.4, 0.5) is 5.82 Å². The number of aromatic nitrogens is 4. The van der Waals surface area contributed by atoms with Crippen molar-refractivity contribution in [2.75, 3.05) is 5.43 Å². The Kier molecular flexibility index (Phi) is 3.36. The monoisotopic (exact) mass is 322 g/mol. The summed E-state index contributed by atoms with van der Waals surface area (Å²) in [6.07, 6.45) is 3.35. The van der Waals surface area contributed by atoms with Crippen molar-refractivity contribution in [1.29, 1.82) is 0 Å². The van der Waals surface area contributed by atoms with E-state index in [4.69, 9.17) is 11.6 Å². The van der Waals surface area contributed by atoms with Gasteiger partial charge in [0, 0.05) is 5.02 Å². The van der Waals surface area contributed by atoms with E-state index in [9.17, 15) is 0 Å². The molecule has 0 fully saturated rings. The van der Waals surface area contributed by atoms with Crippen LogP contribution in [-0.4, -0.2) is 25.8 Å². The summed E-state index contributed by atoms with van der Waals surface area (Å²) in [6.45, 7) is 0. The molecular formula is C16H11ClN6. The zero-order chi connectivity index (χ0) is 15.6. The SMILES string of the molecule is Clc1ccc(/C=N/Nc2nc3ccccc3n3cnnc23)cc1. The molecule has 0 aliphatic heterocycles. The van der Waals surface area contributed by atoms with Gasteiger partial charge in [-0.25, -0.2) is 4.98 Å². The fourth-order valence-corrected chi connectivity index (χ4v) is 2.42. The molecule has 0 saturated heterocycles. The number of hydrazone groups is 1. The molecule has 112 valence electrons. The molecule has 0 radical (unpaired) electrons. The van der Waals surface area contributed by atoms with Crippen LogP contribution in [-0.2, 0) is 0 Å². The van der Waals surface area contributed by atoms with Gasteiger partial charge in [0.25, 0.3) is 0 Å². The molecule has 6 nitrogen and oxygen atoms in total. The summed E-state index contributed by atoms with van der Waals surface area (Å²) in [5.41, 5.74) is 6.27. The Bertz CT molecular complexity index is 1010. The Morgan fingerprint density at radius 1 is 1.09 bits per heavy atom. The van der Waals surface area contributed by atoms with Crippen LogP contribution >= 0.6 is 11.6 Å². The molecule has 23 heavy (non-hydrogen) atoms. The first kappa shape index (κ1) is 13.7. The van der Waals surface area contributed by atoms with Gasteiger partial charge < -0.3 is 0 Å². The molecule has 0 bridgehead atoms. The number of hydrogen-bond acceptors (Lipinski definition) is 5. The van der Waals surface area contributed by atoms with Gasteiger partial charge in [-0.15, -0.1) is 10.2 Å². The number of anilines is 1. The predicted octanol–water partition coefficient (Wildman–Crippen LogP) is 3.38. The summed E-state index contributed by atoms with van der Waals surface area (Å²) in [5, 5.41) is 13.0. The van der Waals surface area contributed by atoms with Gasteiger partial charge in [0.1, 0.15) is 6.33 Å². The third kappa shape index (κ3) is 2.60. The summed E-state index contributed by atoms with van der Waals surface area (Å²) in [7, 11) is 0. The van der Waals surface area contributed by atoms with E-state index >= 15 is 0 Å². The molecule has 2 aromatic carbocycles. The molecule has 0 atom stereocenters. The van der Waals surface area contributed by atoms with E-state index in [0.29, 0.717) is 16.5 Å². The first-order chi connectivity index (χ1) is 11.3. The maximum Gasteiger partial charge on any atom is 0.205 e. The zero-order valence-electron chi connectivity index (χ0n) is 11.9. The second-order valence-corrected chi connectivity index (χ2v) is 5.33. The van der Waals surface area contributed by atoms with Crippen LogP contribution in [0.2, 0.25) is 5.02 Å². The van der Waals surface area contributed by atoms with Gasteiger partial charge in [0.05, 0.1) is 17.2 Å². The van der Waals surface area contributed by atoms with Crippen LogP contribution in [0.3, 0.4) is 0 Å². The van der Waals surface area contributed by atoms with Crippen molar-refractivity contribution < 1.29 is 0 Å². The van der Waals surface area contributed by atoms with Crippen molar-refractivity contribution in [2.24, 2.45) is 5.10 Å². The third-order valence-electron chi connectivity index (χ3n) is 3.39. The lowest BCUT2D eigenvalue weighted by Crippen LogP contribution is -1.99. The highest BCUT2D eigenvalue weighted by Crippen LogP contribution is 2.19. The van der Waals surface area contributed by atoms with E-state index in [2.05, 4.69) is 25.7 Å². The van der Waals surface area contributed by atoms with Gasteiger partial charge in [-0.3, -0.25) is 9.83 Å². The Hall–Kier alpha value is -2.99. The van der Waals surface area contributed by atoms with Crippen molar-refractivity contribution in [1.82, 2.24) is 19.6 Å². The number of nitrogens with zero attached hydrogens (tertiary/aromatic N) is 5. The Balaban J connectivity index is 1.70. The maximum absolute atomic E-state index is 5.86. The average molecular weight is 323 g/mol. The summed E-state index contributed by atoms with van der Waals surface area (Å²) < 4.78 is 1.88. The maximum atomic E-state index is 5.86.